The first kappa shape index (κ1) is 13.0. The topological polar surface area (TPSA) is 75.3 Å². The molecule has 5 nitrogen and oxygen atoms in total. The van der Waals surface area contributed by atoms with Gasteiger partial charge in [0.1, 0.15) is 10.6 Å². The van der Waals surface area contributed by atoms with Gasteiger partial charge in [0.05, 0.1) is 12.0 Å². The van der Waals surface area contributed by atoms with Crippen molar-refractivity contribution < 1.29 is 5.11 Å². The maximum atomic E-state index is 9.18. The van der Waals surface area contributed by atoms with Crippen LogP contribution in [-0.4, -0.2) is 34.3 Å². The smallest absolute Gasteiger partial charge is 0.223 e. The molecule has 0 aliphatic rings. The van der Waals surface area contributed by atoms with E-state index in [0.29, 0.717) is 6.54 Å². The highest BCUT2D eigenvalue weighted by Gasteiger charge is 2.17. The van der Waals surface area contributed by atoms with Crippen LogP contribution in [0.2, 0.25) is 0 Å². The van der Waals surface area contributed by atoms with E-state index in [0.717, 1.165) is 16.0 Å². The fourth-order valence-corrected chi connectivity index (χ4v) is 2.86. The number of thiophene rings is 1. The van der Waals surface area contributed by atoms with Gasteiger partial charge in [-0.3, -0.25) is 0 Å². The lowest BCUT2D eigenvalue weighted by atomic mass is 10.2. The maximum absolute atomic E-state index is 9.18. The molecule has 18 heavy (non-hydrogen) atoms. The Morgan fingerprint density at radius 3 is 2.78 bits per heavy atom. The lowest BCUT2D eigenvalue weighted by Gasteiger charge is -2.27. The summed E-state index contributed by atoms with van der Waals surface area (Å²) in [6.07, 6.45) is 0. The summed E-state index contributed by atoms with van der Waals surface area (Å²) in [5.41, 5.74) is 5.76. The highest BCUT2D eigenvalue weighted by atomic mass is 32.1. The van der Waals surface area contributed by atoms with Crippen molar-refractivity contribution in [1.29, 1.82) is 0 Å². The van der Waals surface area contributed by atoms with Gasteiger partial charge in [-0.25, -0.2) is 4.98 Å². The average Bonchev–Trinajstić information content (AvgIpc) is 2.64. The van der Waals surface area contributed by atoms with Crippen molar-refractivity contribution in [1.82, 2.24) is 9.97 Å². The molecule has 0 aromatic carbocycles. The number of aryl methyl sites for hydroxylation is 1. The molecule has 2 aromatic rings. The van der Waals surface area contributed by atoms with Gasteiger partial charge in [-0.05, 0) is 26.8 Å². The van der Waals surface area contributed by atoms with Crippen LogP contribution >= 0.6 is 11.3 Å². The maximum Gasteiger partial charge on any atom is 0.223 e. The average molecular weight is 266 g/mol. The zero-order valence-electron chi connectivity index (χ0n) is 10.8. The van der Waals surface area contributed by atoms with Crippen LogP contribution in [0.3, 0.4) is 0 Å². The van der Waals surface area contributed by atoms with Gasteiger partial charge in [0, 0.05) is 17.5 Å². The number of aromatic nitrogens is 2. The third-order valence-corrected chi connectivity index (χ3v) is 3.69. The first-order chi connectivity index (χ1) is 8.52. The minimum Gasteiger partial charge on any atom is -0.395 e. The third kappa shape index (κ3) is 2.39. The second-order valence-electron chi connectivity index (χ2n) is 4.49. The molecule has 0 fully saturated rings. The van der Waals surface area contributed by atoms with Crippen LogP contribution in [-0.2, 0) is 0 Å². The van der Waals surface area contributed by atoms with Crippen LogP contribution in [0, 0.1) is 6.92 Å². The van der Waals surface area contributed by atoms with Gasteiger partial charge < -0.3 is 15.7 Å². The summed E-state index contributed by atoms with van der Waals surface area (Å²) in [6, 6.07) is 2.32. The molecule has 0 atom stereocenters. The second kappa shape index (κ2) is 5.07. The molecule has 0 radical (unpaired) electrons. The molecule has 2 rings (SSSR count). The number of aliphatic hydroxyl groups is 1. The Balaban J connectivity index is 2.59. The van der Waals surface area contributed by atoms with Gasteiger partial charge in [-0.1, -0.05) is 0 Å². The SMILES string of the molecule is Cc1cc2c(N(CCO)C(C)C)nc(N)nc2s1. The second-order valence-corrected chi connectivity index (χ2v) is 5.73. The van der Waals surface area contributed by atoms with Crippen molar-refractivity contribution >= 4 is 33.3 Å². The summed E-state index contributed by atoms with van der Waals surface area (Å²) in [6.45, 7) is 6.81. The van der Waals surface area contributed by atoms with Gasteiger partial charge in [0.15, 0.2) is 0 Å². The molecule has 0 aliphatic carbocycles. The van der Waals surface area contributed by atoms with Crippen LogP contribution in [0.15, 0.2) is 6.07 Å². The van der Waals surface area contributed by atoms with Crippen LogP contribution < -0.4 is 10.6 Å². The normalized spacial score (nSPS) is 11.4. The molecule has 98 valence electrons. The molecule has 0 unspecified atom stereocenters. The zero-order valence-corrected chi connectivity index (χ0v) is 11.7. The molecule has 0 spiro atoms. The molecule has 6 heteroatoms. The van der Waals surface area contributed by atoms with E-state index in [-0.39, 0.29) is 18.6 Å². The number of nitrogens with zero attached hydrogens (tertiary/aromatic N) is 3. The van der Waals surface area contributed by atoms with Gasteiger partial charge in [0.2, 0.25) is 5.95 Å². The lowest BCUT2D eigenvalue weighted by molar-refractivity contribution is 0.299. The quantitative estimate of drug-likeness (QED) is 0.882. The summed E-state index contributed by atoms with van der Waals surface area (Å²) in [5, 5.41) is 10.2. The van der Waals surface area contributed by atoms with Crippen molar-refractivity contribution in [2.45, 2.75) is 26.8 Å². The first-order valence-electron chi connectivity index (χ1n) is 5.94. The summed E-state index contributed by atoms with van der Waals surface area (Å²) in [7, 11) is 0. The molecule has 2 heterocycles. The Morgan fingerprint density at radius 2 is 2.17 bits per heavy atom. The van der Waals surface area contributed by atoms with E-state index in [4.69, 9.17) is 5.73 Å². The van der Waals surface area contributed by atoms with Crippen LogP contribution in [0.25, 0.3) is 10.2 Å². The van der Waals surface area contributed by atoms with Gasteiger partial charge in [-0.2, -0.15) is 4.98 Å². The van der Waals surface area contributed by atoms with E-state index in [1.807, 2.05) is 11.8 Å². The lowest BCUT2D eigenvalue weighted by Crippen LogP contribution is -2.34. The fraction of sp³-hybridized carbons (Fsp3) is 0.500. The Labute approximate surface area is 110 Å². The van der Waals surface area contributed by atoms with Crippen molar-refractivity contribution in [3.8, 4) is 0 Å². The molecular weight excluding hydrogens is 248 g/mol. The number of rotatable bonds is 4. The summed E-state index contributed by atoms with van der Waals surface area (Å²) in [4.78, 5) is 12.7. The van der Waals surface area contributed by atoms with Crippen LogP contribution in [0.5, 0.6) is 0 Å². The number of hydrogen-bond donors (Lipinski definition) is 2. The van der Waals surface area contributed by atoms with Gasteiger partial charge in [0.25, 0.3) is 0 Å². The zero-order chi connectivity index (χ0) is 13.3. The van der Waals surface area contributed by atoms with Gasteiger partial charge in [-0.15, -0.1) is 11.3 Å². The molecule has 0 bridgehead atoms. The Hall–Kier alpha value is -1.40. The Bertz CT molecular complexity index is 552. The van der Waals surface area contributed by atoms with E-state index < -0.39 is 0 Å². The molecule has 2 aromatic heterocycles. The predicted octanol–water partition coefficient (Wildman–Crippen LogP) is 1.79. The number of anilines is 2. The first-order valence-corrected chi connectivity index (χ1v) is 6.75. The van der Waals surface area contributed by atoms with E-state index in [9.17, 15) is 5.11 Å². The number of fused-ring (bicyclic) bond motifs is 1. The van der Waals surface area contributed by atoms with E-state index in [1.54, 1.807) is 11.3 Å². The number of nitrogens with two attached hydrogens (primary N) is 1. The fourth-order valence-electron chi connectivity index (χ4n) is 1.98. The van der Waals surface area contributed by atoms with Crippen molar-refractivity contribution in [3.63, 3.8) is 0 Å². The highest BCUT2D eigenvalue weighted by Crippen LogP contribution is 2.31. The Morgan fingerprint density at radius 1 is 1.44 bits per heavy atom. The number of aliphatic hydroxyl groups excluding tert-OH is 1. The molecule has 3 N–H and O–H groups in total. The van der Waals surface area contributed by atoms with E-state index in [1.165, 1.54) is 4.88 Å². The molecule has 0 saturated carbocycles. The van der Waals surface area contributed by atoms with Crippen molar-refractivity contribution in [2.75, 3.05) is 23.8 Å². The molecule has 0 aliphatic heterocycles. The van der Waals surface area contributed by atoms with E-state index >= 15 is 0 Å². The molecular formula is C12H18N4OS. The predicted molar refractivity (Wildman–Crippen MR) is 76.1 cm³/mol. The number of nitrogen functional groups attached to an aromatic ring is 1. The van der Waals surface area contributed by atoms with Gasteiger partial charge >= 0.3 is 0 Å². The standard InChI is InChI=1S/C12H18N4OS/c1-7(2)16(4-5-17)10-9-6-8(3)18-11(9)15-12(13)14-10/h6-7,17H,4-5H2,1-3H3,(H2,13,14,15). The Kier molecular flexibility index (Phi) is 3.68. The third-order valence-electron chi connectivity index (χ3n) is 2.75. The largest absolute Gasteiger partial charge is 0.395 e. The van der Waals surface area contributed by atoms with Crippen LogP contribution in [0.1, 0.15) is 18.7 Å². The minimum atomic E-state index is 0.0900. The monoisotopic (exact) mass is 266 g/mol. The van der Waals surface area contributed by atoms with E-state index in [2.05, 4.69) is 29.9 Å². The van der Waals surface area contributed by atoms with Crippen molar-refractivity contribution in [3.05, 3.63) is 10.9 Å². The highest BCUT2D eigenvalue weighted by molar-refractivity contribution is 7.18. The minimum absolute atomic E-state index is 0.0900. The summed E-state index contributed by atoms with van der Waals surface area (Å²) >= 11 is 1.61. The molecule has 0 amide bonds. The summed E-state index contributed by atoms with van der Waals surface area (Å²) < 4.78 is 0. The number of hydrogen-bond acceptors (Lipinski definition) is 6. The van der Waals surface area contributed by atoms with Crippen LogP contribution in [0.4, 0.5) is 11.8 Å². The van der Waals surface area contributed by atoms with Crippen molar-refractivity contribution in [2.24, 2.45) is 0 Å². The summed E-state index contributed by atoms with van der Waals surface area (Å²) in [5.74, 6) is 1.09. The molecule has 0 saturated heterocycles.